The molecule has 0 saturated carbocycles. The largest absolute Gasteiger partial charge is 0.493 e. The molecule has 1 aromatic carbocycles. The van der Waals surface area contributed by atoms with Gasteiger partial charge in [-0.25, -0.2) is 0 Å². The minimum Gasteiger partial charge on any atom is -0.493 e. The van der Waals surface area contributed by atoms with Gasteiger partial charge in [-0.2, -0.15) is 8.42 Å². The van der Waals surface area contributed by atoms with E-state index >= 15 is 0 Å². The van der Waals surface area contributed by atoms with Crippen molar-refractivity contribution in [3.05, 3.63) is 47.9 Å². The molecule has 0 saturated heterocycles. The molecular formula is C19H25NO6S. The standard InChI is InChI=1S/C19H25NO6S/c1-14(2)10-19(21)20(13-16-6-5-9-25-16)12-15-7-8-17(24-3)18(11-15)26-27(4,22)23/h5-9,11,14H,10,12-13H2,1-4H3. The van der Waals surface area contributed by atoms with E-state index in [4.69, 9.17) is 13.3 Å². The lowest BCUT2D eigenvalue weighted by molar-refractivity contribution is -0.133. The molecule has 0 atom stereocenters. The summed E-state index contributed by atoms with van der Waals surface area (Å²) in [5.74, 6) is 1.27. The number of amides is 1. The van der Waals surface area contributed by atoms with Gasteiger partial charge in [0.2, 0.25) is 5.91 Å². The Bertz CT molecular complexity index is 858. The second kappa shape index (κ2) is 8.94. The van der Waals surface area contributed by atoms with Crippen LogP contribution in [0.15, 0.2) is 41.0 Å². The van der Waals surface area contributed by atoms with Gasteiger partial charge in [-0.15, -0.1) is 0 Å². The van der Waals surface area contributed by atoms with Crippen molar-refractivity contribution in [1.29, 1.82) is 0 Å². The van der Waals surface area contributed by atoms with Crippen LogP contribution >= 0.6 is 0 Å². The molecule has 1 aromatic heterocycles. The van der Waals surface area contributed by atoms with Crippen LogP contribution in [0.2, 0.25) is 0 Å². The summed E-state index contributed by atoms with van der Waals surface area (Å²) in [5, 5.41) is 0. The lowest BCUT2D eigenvalue weighted by atomic mass is 10.1. The summed E-state index contributed by atoms with van der Waals surface area (Å²) >= 11 is 0. The zero-order valence-electron chi connectivity index (χ0n) is 16.0. The van der Waals surface area contributed by atoms with Crippen LogP contribution < -0.4 is 8.92 Å². The Morgan fingerprint density at radius 2 is 1.93 bits per heavy atom. The molecular weight excluding hydrogens is 370 g/mol. The molecule has 0 aliphatic rings. The average molecular weight is 395 g/mol. The third kappa shape index (κ3) is 6.63. The van der Waals surface area contributed by atoms with Crippen molar-refractivity contribution in [2.75, 3.05) is 13.4 Å². The normalized spacial score (nSPS) is 11.4. The van der Waals surface area contributed by atoms with E-state index in [1.54, 1.807) is 35.4 Å². The Labute approximate surface area is 160 Å². The lowest BCUT2D eigenvalue weighted by Crippen LogP contribution is -2.30. The van der Waals surface area contributed by atoms with Gasteiger partial charge in [0, 0.05) is 13.0 Å². The summed E-state index contributed by atoms with van der Waals surface area (Å²) in [4.78, 5) is 14.3. The molecule has 1 amide bonds. The highest BCUT2D eigenvalue weighted by atomic mass is 32.2. The van der Waals surface area contributed by atoms with Gasteiger partial charge >= 0.3 is 10.1 Å². The second-order valence-corrected chi connectivity index (χ2v) is 8.27. The van der Waals surface area contributed by atoms with Gasteiger partial charge in [0.15, 0.2) is 11.5 Å². The highest BCUT2D eigenvalue weighted by Crippen LogP contribution is 2.30. The number of nitrogens with zero attached hydrogens (tertiary/aromatic N) is 1. The summed E-state index contributed by atoms with van der Waals surface area (Å²) in [7, 11) is -2.27. The molecule has 2 aromatic rings. The van der Waals surface area contributed by atoms with E-state index in [2.05, 4.69) is 0 Å². The molecule has 8 heteroatoms. The Balaban J connectivity index is 2.27. The Kier molecular flexibility index (Phi) is 6.90. The van der Waals surface area contributed by atoms with Crippen molar-refractivity contribution in [3.63, 3.8) is 0 Å². The molecule has 1 heterocycles. The lowest BCUT2D eigenvalue weighted by Gasteiger charge is -2.23. The second-order valence-electron chi connectivity index (χ2n) is 6.70. The number of furan rings is 1. The summed E-state index contributed by atoms with van der Waals surface area (Å²) in [6.07, 6.45) is 2.93. The van der Waals surface area contributed by atoms with Gasteiger partial charge in [0.05, 0.1) is 26.2 Å². The van der Waals surface area contributed by atoms with Crippen LogP contribution in [-0.4, -0.2) is 32.6 Å². The van der Waals surface area contributed by atoms with E-state index in [9.17, 15) is 13.2 Å². The molecule has 0 unspecified atom stereocenters. The minimum absolute atomic E-state index is 0.0113. The van der Waals surface area contributed by atoms with Gasteiger partial charge in [0.25, 0.3) is 0 Å². The molecule has 27 heavy (non-hydrogen) atoms. The zero-order valence-corrected chi connectivity index (χ0v) is 16.8. The van der Waals surface area contributed by atoms with Crippen LogP contribution in [0.25, 0.3) is 0 Å². The number of rotatable bonds is 9. The fraction of sp³-hybridized carbons (Fsp3) is 0.421. The number of carbonyl (C=O) groups is 1. The van der Waals surface area contributed by atoms with E-state index in [0.717, 1.165) is 11.8 Å². The first-order valence-corrected chi connectivity index (χ1v) is 10.4. The third-order valence-corrected chi connectivity index (χ3v) is 4.19. The molecule has 0 aliphatic heterocycles. The van der Waals surface area contributed by atoms with Gasteiger partial charge in [0.1, 0.15) is 5.76 Å². The van der Waals surface area contributed by atoms with E-state index in [1.165, 1.54) is 7.11 Å². The highest BCUT2D eigenvalue weighted by Gasteiger charge is 2.19. The fourth-order valence-electron chi connectivity index (χ4n) is 2.57. The van der Waals surface area contributed by atoms with Gasteiger partial charge < -0.3 is 18.2 Å². The molecule has 0 radical (unpaired) electrons. The Hall–Kier alpha value is -2.48. The summed E-state index contributed by atoms with van der Waals surface area (Å²) in [5.41, 5.74) is 0.720. The minimum atomic E-state index is -3.70. The summed E-state index contributed by atoms with van der Waals surface area (Å²) in [6.45, 7) is 4.58. The number of hydrogen-bond donors (Lipinski definition) is 0. The number of carbonyl (C=O) groups excluding carboxylic acids is 1. The van der Waals surface area contributed by atoms with Gasteiger partial charge in [-0.3, -0.25) is 4.79 Å². The predicted octanol–water partition coefficient (Wildman–Crippen LogP) is 3.20. The maximum Gasteiger partial charge on any atom is 0.306 e. The molecule has 0 aliphatic carbocycles. The van der Waals surface area contributed by atoms with Crippen molar-refractivity contribution < 1.29 is 26.5 Å². The van der Waals surface area contributed by atoms with Crippen LogP contribution in [0.5, 0.6) is 11.5 Å². The topological polar surface area (TPSA) is 86.0 Å². The first kappa shape index (κ1) is 20.8. The molecule has 0 bridgehead atoms. The highest BCUT2D eigenvalue weighted by molar-refractivity contribution is 7.86. The monoisotopic (exact) mass is 395 g/mol. The predicted molar refractivity (Wildman–Crippen MR) is 101 cm³/mol. The number of methoxy groups -OCH3 is 1. The maximum absolute atomic E-state index is 12.7. The van der Waals surface area contributed by atoms with E-state index in [-0.39, 0.29) is 24.1 Å². The Morgan fingerprint density at radius 3 is 2.48 bits per heavy atom. The van der Waals surface area contributed by atoms with Crippen LogP contribution in [0, 0.1) is 5.92 Å². The molecule has 0 N–H and O–H groups in total. The SMILES string of the molecule is COc1ccc(CN(Cc2ccco2)C(=O)CC(C)C)cc1OS(C)(=O)=O. The van der Waals surface area contributed by atoms with Crippen molar-refractivity contribution in [1.82, 2.24) is 4.90 Å². The molecule has 2 rings (SSSR count). The van der Waals surface area contributed by atoms with Crippen LogP contribution in [-0.2, 0) is 28.0 Å². The number of ether oxygens (including phenoxy) is 1. The zero-order chi connectivity index (χ0) is 20.0. The molecule has 0 spiro atoms. The summed E-state index contributed by atoms with van der Waals surface area (Å²) in [6, 6.07) is 8.53. The van der Waals surface area contributed by atoms with Crippen molar-refractivity contribution in [2.24, 2.45) is 5.92 Å². The molecule has 7 nitrogen and oxygen atoms in total. The van der Waals surface area contributed by atoms with Gasteiger partial charge in [-0.1, -0.05) is 19.9 Å². The third-order valence-electron chi connectivity index (χ3n) is 3.70. The first-order valence-electron chi connectivity index (χ1n) is 8.54. The smallest absolute Gasteiger partial charge is 0.306 e. The summed E-state index contributed by atoms with van der Waals surface area (Å²) < 4.78 is 38.5. The van der Waals surface area contributed by atoms with E-state index in [0.29, 0.717) is 24.5 Å². The quantitative estimate of drug-likeness (QED) is 0.606. The van der Waals surface area contributed by atoms with Crippen molar-refractivity contribution in [2.45, 2.75) is 33.4 Å². The fourth-order valence-corrected chi connectivity index (χ4v) is 3.03. The molecule has 148 valence electrons. The van der Waals surface area contributed by atoms with Crippen molar-refractivity contribution >= 4 is 16.0 Å². The number of benzene rings is 1. The van der Waals surface area contributed by atoms with E-state index < -0.39 is 10.1 Å². The average Bonchev–Trinajstić information content (AvgIpc) is 3.05. The molecule has 0 fully saturated rings. The van der Waals surface area contributed by atoms with Crippen LogP contribution in [0.4, 0.5) is 0 Å². The van der Waals surface area contributed by atoms with Crippen molar-refractivity contribution in [3.8, 4) is 11.5 Å². The van der Waals surface area contributed by atoms with Crippen LogP contribution in [0.3, 0.4) is 0 Å². The maximum atomic E-state index is 12.7. The van der Waals surface area contributed by atoms with E-state index in [1.807, 2.05) is 19.9 Å². The number of hydrogen-bond acceptors (Lipinski definition) is 6. The van der Waals surface area contributed by atoms with Crippen LogP contribution in [0.1, 0.15) is 31.6 Å². The Morgan fingerprint density at radius 1 is 1.19 bits per heavy atom. The first-order chi connectivity index (χ1) is 12.7. The van der Waals surface area contributed by atoms with Gasteiger partial charge in [-0.05, 0) is 35.7 Å².